The van der Waals surface area contributed by atoms with Crippen LogP contribution in [0.2, 0.25) is 0 Å². The second-order valence-electron chi connectivity index (χ2n) is 4.56. The monoisotopic (exact) mass is 397 g/mol. The van der Waals surface area contributed by atoms with Crippen LogP contribution in [0.4, 0.5) is 5.69 Å². The van der Waals surface area contributed by atoms with Crippen molar-refractivity contribution in [2.24, 2.45) is 0 Å². The predicted octanol–water partition coefficient (Wildman–Crippen LogP) is 4.24. The van der Waals surface area contributed by atoms with Gasteiger partial charge in [-0.05, 0) is 45.9 Å². The minimum absolute atomic E-state index is 0.00956. The van der Waals surface area contributed by atoms with E-state index in [0.717, 1.165) is 6.07 Å². The maximum Gasteiger partial charge on any atom is 0.338 e. The first-order chi connectivity index (χ1) is 11.0. The van der Waals surface area contributed by atoms with Crippen molar-refractivity contribution < 1.29 is 19.2 Å². The number of nitro benzene ring substituents is 1. The summed E-state index contributed by atoms with van der Waals surface area (Å²) in [5.41, 5.74) is -0.100. The molecule has 2 rings (SSSR count). The highest BCUT2D eigenvalue weighted by atomic mass is 79.9. The average Bonchev–Trinajstić information content (AvgIpc) is 3.05. The van der Waals surface area contributed by atoms with Crippen LogP contribution in [0.15, 0.2) is 40.2 Å². The van der Waals surface area contributed by atoms with Crippen LogP contribution in [0.25, 0.3) is 0 Å². The van der Waals surface area contributed by atoms with Gasteiger partial charge in [0.1, 0.15) is 0 Å². The Balaban J connectivity index is 1.84. The second-order valence-corrected chi connectivity index (χ2v) is 6.37. The van der Waals surface area contributed by atoms with E-state index in [1.165, 1.54) is 23.5 Å². The molecule has 0 saturated carbocycles. The third kappa shape index (κ3) is 4.70. The zero-order valence-electron chi connectivity index (χ0n) is 11.9. The van der Waals surface area contributed by atoms with Crippen molar-refractivity contribution in [3.05, 3.63) is 60.7 Å². The number of hydrogen-bond donors (Lipinski definition) is 0. The third-order valence-corrected chi connectivity index (χ3v) is 4.54. The molecule has 120 valence electrons. The van der Waals surface area contributed by atoms with E-state index < -0.39 is 10.9 Å². The highest BCUT2D eigenvalue weighted by Gasteiger charge is 2.17. The van der Waals surface area contributed by atoms with Gasteiger partial charge in [-0.25, -0.2) is 4.79 Å². The largest absolute Gasteiger partial charge is 0.462 e. The second kappa shape index (κ2) is 7.98. The molecule has 2 aromatic rings. The number of thiophene rings is 1. The molecular formula is C15H12BrNO5S. The lowest BCUT2D eigenvalue weighted by molar-refractivity contribution is -0.385. The summed E-state index contributed by atoms with van der Waals surface area (Å²) in [4.78, 5) is 34.6. The molecule has 0 unspecified atom stereocenters. The van der Waals surface area contributed by atoms with Gasteiger partial charge in [0.15, 0.2) is 5.78 Å². The zero-order valence-corrected chi connectivity index (χ0v) is 14.3. The van der Waals surface area contributed by atoms with Gasteiger partial charge in [0, 0.05) is 12.5 Å². The van der Waals surface area contributed by atoms with E-state index in [1.54, 1.807) is 12.1 Å². The Morgan fingerprint density at radius 1 is 1.30 bits per heavy atom. The van der Waals surface area contributed by atoms with E-state index in [1.807, 2.05) is 5.38 Å². The van der Waals surface area contributed by atoms with E-state index in [4.69, 9.17) is 4.74 Å². The van der Waals surface area contributed by atoms with Crippen molar-refractivity contribution in [3.8, 4) is 0 Å². The minimum Gasteiger partial charge on any atom is -0.462 e. The normalized spacial score (nSPS) is 10.3. The molecule has 0 N–H and O–H groups in total. The smallest absolute Gasteiger partial charge is 0.338 e. The molecule has 0 aliphatic carbocycles. The van der Waals surface area contributed by atoms with Crippen LogP contribution in [0, 0.1) is 10.1 Å². The number of nitro groups is 1. The number of ketones is 1. The summed E-state index contributed by atoms with van der Waals surface area (Å²) in [5, 5.41) is 12.7. The Morgan fingerprint density at radius 3 is 2.74 bits per heavy atom. The van der Waals surface area contributed by atoms with Gasteiger partial charge in [0.25, 0.3) is 5.69 Å². The number of ether oxygens (including phenoxy) is 1. The van der Waals surface area contributed by atoms with Gasteiger partial charge >= 0.3 is 5.97 Å². The molecule has 1 aromatic carbocycles. The standard InChI is InChI=1S/C15H12BrNO5S/c16-11-6-5-10(9-12(11)17(20)21)15(19)22-7-1-3-13(18)14-4-2-8-23-14/h2,4-6,8-9H,1,3,7H2. The summed E-state index contributed by atoms with van der Waals surface area (Å²) < 4.78 is 5.34. The average molecular weight is 398 g/mol. The lowest BCUT2D eigenvalue weighted by atomic mass is 10.2. The topological polar surface area (TPSA) is 86.5 Å². The van der Waals surface area contributed by atoms with Crippen LogP contribution in [-0.4, -0.2) is 23.3 Å². The fourth-order valence-electron chi connectivity index (χ4n) is 1.82. The first-order valence-corrected chi connectivity index (χ1v) is 8.34. The van der Waals surface area contributed by atoms with Crippen molar-refractivity contribution in [3.63, 3.8) is 0 Å². The molecule has 0 bridgehead atoms. The molecule has 23 heavy (non-hydrogen) atoms. The van der Waals surface area contributed by atoms with Crippen LogP contribution in [-0.2, 0) is 4.74 Å². The Labute approximate surface area is 144 Å². The fourth-order valence-corrected chi connectivity index (χ4v) is 2.91. The number of benzene rings is 1. The van der Waals surface area contributed by atoms with E-state index in [2.05, 4.69) is 15.9 Å². The number of esters is 1. The summed E-state index contributed by atoms with van der Waals surface area (Å²) in [7, 11) is 0. The van der Waals surface area contributed by atoms with Gasteiger partial charge in [0.2, 0.25) is 0 Å². The van der Waals surface area contributed by atoms with Crippen LogP contribution < -0.4 is 0 Å². The zero-order chi connectivity index (χ0) is 16.8. The molecule has 1 heterocycles. The van der Waals surface area contributed by atoms with Crippen molar-refractivity contribution in [2.75, 3.05) is 6.61 Å². The number of carbonyl (C=O) groups excluding carboxylic acids is 2. The van der Waals surface area contributed by atoms with Gasteiger partial charge in [-0.3, -0.25) is 14.9 Å². The van der Waals surface area contributed by atoms with Gasteiger partial charge < -0.3 is 4.74 Å². The van der Waals surface area contributed by atoms with Gasteiger partial charge in [-0.2, -0.15) is 0 Å². The lowest BCUT2D eigenvalue weighted by Gasteiger charge is -2.05. The van der Waals surface area contributed by atoms with E-state index >= 15 is 0 Å². The highest BCUT2D eigenvalue weighted by Crippen LogP contribution is 2.25. The first kappa shape index (κ1) is 17.3. The highest BCUT2D eigenvalue weighted by molar-refractivity contribution is 9.10. The molecule has 1 aromatic heterocycles. The van der Waals surface area contributed by atoms with Crippen molar-refractivity contribution in [2.45, 2.75) is 12.8 Å². The number of rotatable bonds is 7. The van der Waals surface area contributed by atoms with Crippen LogP contribution in [0.3, 0.4) is 0 Å². The van der Waals surface area contributed by atoms with E-state index in [-0.39, 0.29) is 30.1 Å². The van der Waals surface area contributed by atoms with Gasteiger partial charge in [0.05, 0.1) is 26.4 Å². The van der Waals surface area contributed by atoms with Crippen LogP contribution in [0.5, 0.6) is 0 Å². The van der Waals surface area contributed by atoms with E-state index in [0.29, 0.717) is 15.8 Å². The Kier molecular flexibility index (Phi) is 6.00. The number of halogens is 1. The molecule has 0 spiro atoms. The summed E-state index contributed by atoms with van der Waals surface area (Å²) in [5.74, 6) is -0.639. The molecule has 0 radical (unpaired) electrons. The first-order valence-electron chi connectivity index (χ1n) is 6.67. The maximum atomic E-state index is 11.9. The SMILES string of the molecule is O=C(OCCCC(=O)c1cccs1)c1ccc(Br)c([N+](=O)[O-])c1. The Bertz CT molecular complexity index is 729. The molecule has 0 fully saturated rings. The van der Waals surface area contributed by atoms with Crippen molar-refractivity contribution >= 4 is 44.7 Å². The Morgan fingerprint density at radius 2 is 2.09 bits per heavy atom. The molecule has 6 nitrogen and oxygen atoms in total. The summed E-state index contributed by atoms with van der Waals surface area (Å²) >= 11 is 4.42. The summed E-state index contributed by atoms with van der Waals surface area (Å²) in [6, 6.07) is 7.58. The minimum atomic E-state index is -0.649. The number of Topliss-reactive ketones (excluding diaryl/α,β-unsaturated/α-hetero) is 1. The van der Waals surface area contributed by atoms with Crippen LogP contribution >= 0.6 is 27.3 Å². The molecular weight excluding hydrogens is 386 g/mol. The van der Waals surface area contributed by atoms with Gasteiger partial charge in [-0.15, -0.1) is 11.3 Å². The molecule has 0 amide bonds. The predicted molar refractivity (Wildman–Crippen MR) is 89.0 cm³/mol. The maximum absolute atomic E-state index is 11.9. The van der Waals surface area contributed by atoms with Crippen molar-refractivity contribution in [1.82, 2.24) is 0 Å². The van der Waals surface area contributed by atoms with E-state index in [9.17, 15) is 19.7 Å². The van der Waals surface area contributed by atoms with Crippen LogP contribution in [0.1, 0.15) is 32.9 Å². The number of hydrogen-bond acceptors (Lipinski definition) is 6. The molecule has 8 heteroatoms. The summed E-state index contributed by atoms with van der Waals surface area (Å²) in [6.07, 6.45) is 0.690. The lowest BCUT2D eigenvalue weighted by Crippen LogP contribution is -2.08. The fraction of sp³-hybridized carbons (Fsp3) is 0.200. The number of carbonyl (C=O) groups is 2. The molecule has 0 saturated heterocycles. The van der Waals surface area contributed by atoms with Gasteiger partial charge in [-0.1, -0.05) is 6.07 Å². The molecule has 0 atom stereocenters. The molecule has 0 aliphatic heterocycles. The third-order valence-electron chi connectivity index (χ3n) is 2.96. The quantitative estimate of drug-likeness (QED) is 0.229. The summed E-state index contributed by atoms with van der Waals surface area (Å²) in [6.45, 7) is 0.0831. The Hall–Kier alpha value is -2.06. The van der Waals surface area contributed by atoms with Crippen molar-refractivity contribution in [1.29, 1.82) is 0 Å². The number of nitrogens with zero attached hydrogens (tertiary/aromatic N) is 1. The molecule has 0 aliphatic rings.